The van der Waals surface area contributed by atoms with Crippen LogP contribution in [-0.4, -0.2) is 5.33 Å². The van der Waals surface area contributed by atoms with Gasteiger partial charge in [-0.25, -0.2) is 0 Å². The van der Waals surface area contributed by atoms with E-state index < -0.39 is 0 Å². The van der Waals surface area contributed by atoms with Crippen LogP contribution in [0.25, 0.3) is 0 Å². The fourth-order valence-electron chi connectivity index (χ4n) is 1.70. The van der Waals surface area contributed by atoms with E-state index in [1.165, 1.54) is 51.4 Å². The Bertz CT molecular complexity index is 162. The van der Waals surface area contributed by atoms with Crippen LogP contribution in [0.3, 0.4) is 0 Å². The molecule has 1 unspecified atom stereocenters. The van der Waals surface area contributed by atoms with Crippen molar-refractivity contribution in [2.75, 3.05) is 5.33 Å². The summed E-state index contributed by atoms with van der Waals surface area (Å²) in [6.45, 7) is 2.25. The summed E-state index contributed by atoms with van der Waals surface area (Å²) in [5, 5.41) is 9.58. The molecule has 0 aromatic carbocycles. The summed E-state index contributed by atoms with van der Waals surface area (Å²) < 4.78 is 0. The third kappa shape index (κ3) is 10.3. The maximum Gasteiger partial charge on any atom is 0.0664 e. The van der Waals surface area contributed by atoms with Gasteiger partial charge < -0.3 is 0 Å². The van der Waals surface area contributed by atoms with Gasteiger partial charge in [0.2, 0.25) is 0 Å². The first-order valence-corrected chi connectivity index (χ1v) is 7.42. The zero-order valence-electron chi connectivity index (χ0n) is 9.97. The molecule has 0 radical (unpaired) electrons. The molecule has 0 aliphatic heterocycles. The lowest BCUT2D eigenvalue weighted by Crippen LogP contribution is -1.97. The van der Waals surface area contributed by atoms with Crippen LogP contribution in [0.2, 0.25) is 0 Å². The Labute approximate surface area is 103 Å². The quantitative estimate of drug-likeness (QED) is 0.404. The molecular formula is C13H24BrN. The van der Waals surface area contributed by atoms with Gasteiger partial charge >= 0.3 is 0 Å². The molecule has 1 atom stereocenters. The summed E-state index contributed by atoms with van der Waals surface area (Å²) in [5.41, 5.74) is 0. The van der Waals surface area contributed by atoms with Crippen LogP contribution in [0.15, 0.2) is 0 Å². The van der Waals surface area contributed by atoms with Gasteiger partial charge in [-0.15, -0.1) is 0 Å². The molecule has 0 aliphatic rings. The van der Waals surface area contributed by atoms with Crippen molar-refractivity contribution in [1.29, 1.82) is 5.26 Å². The van der Waals surface area contributed by atoms with Gasteiger partial charge in [-0.3, -0.25) is 0 Å². The minimum Gasteiger partial charge on any atom is -0.198 e. The van der Waals surface area contributed by atoms with E-state index in [0.29, 0.717) is 0 Å². The first-order chi connectivity index (χ1) is 7.35. The average molecular weight is 274 g/mol. The highest BCUT2D eigenvalue weighted by molar-refractivity contribution is 9.09. The van der Waals surface area contributed by atoms with E-state index in [1.807, 2.05) is 0 Å². The van der Waals surface area contributed by atoms with Gasteiger partial charge in [0.25, 0.3) is 0 Å². The van der Waals surface area contributed by atoms with Crippen molar-refractivity contribution in [2.45, 2.75) is 64.7 Å². The number of nitrogens with zero attached hydrogens (tertiary/aromatic N) is 1. The van der Waals surface area contributed by atoms with Crippen molar-refractivity contribution in [1.82, 2.24) is 0 Å². The lowest BCUT2D eigenvalue weighted by atomic mass is 10.0. The van der Waals surface area contributed by atoms with Crippen molar-refractivity contribution in [3.05, 3.63) is 0 Å². The van der Waals surface area contributed by atoms with Crippen LogP contribution in [0.4, 0.5) is 0 Å². The first-order valence-electron chi connectivity index (χ1n) is 6.30. The Morgan fingerprint density at radius 1 is 1.00 bits per heavy atom. The molecule has 0 aliphatic carbocycles. The van der Waals surface area contributed by atoms with Crippen molar-refractivity contribution in [3.8, 4) is 6.07 Å². The van der Waals surface area contributed by atoms with Crippen molar-refractivity contribution >= 4 is 15.9 Å². The molecule has 0 aromatic rings. The monoisotopic (exact) mass is 273 g/mol. The smallest absolute Gasteiger partial charge is 0.0664 e. The van der Waals surface area contributed by atoms with E-state index in [1.54, 1.807) is 0 Å². The van der Waals surface area contributed by atoms with E-state index in [9.17, 15) is 0 Å². The van der Waals surface area contributed by atoms with E-state index in [0.717, 1.165) is 11.8 Å². The number of nitriles is 1. The topological polar surface area (TPSA) is 23.8 Å². The van der Waals surface area contributed by atoms with E-state index in [4.69, 9.17) is 5.26 Å². The van der Waals surface area contributed by atoms with Gasteiger partial charge in [-0.1, -0.05) is 74.2 Å². The molecule has 0 aromatic heterocycles. The third-order valence-corrected chi connectivity index (χ3v) is 3.56. The zero-order valence-corrected chi connectivity index (χ0v) is 11.6. The zero-order chi connectivity index (χ0) is 11.4. The highest BCUT2D eigenvalue weighted by Crippen LogP contribution is 2.14. The van der Waals surface area contributed by atoms with Gasteiger partial charge in [-0.05, 0) is 6.42 Å². The Morgan fingerprint density at radius 3 is 2.00 bits per heavy atom. The SMILES string of the molecule is CCCCCCCCCCC(C#N)CBr. The summed E-state index contributed by atoms with van der Waals surface area (Å²) in [7, 11) is 0. The molecule has 0 rings (SSSR count). The Hall–Kier alpha value is -0.0300. The van der Waals surface area contributed by atoms with Gasteiger partial charge in [0, 0.05) is 5.33 Å². The summed E-state index contributed by atoms with van der Waals surface area (Å²) in [6, 6.07) is 2.32. The predicted octanol–water partition coefficient (Wildman–Crippen LogP) is 5.05. The molecule has 1 nitrogen and oxygen atoms in total. The highest BCUT2D eigenvalue weighted by Gasteiger charge is 2.03. The molecule has 0 amide bonds. The van der Waals surface area contributed by atoms with Gasteiger partial charge in [0.1, 0.15) is 0 Å². The van der Waals surface area contributed by atoms with Gasteiger partial charge in [0.05, 0.1) is 12.0 Å². The normalized spacial score (nSPS) is 12.3. The highest BCUT2D eigenvalue weighted by atomic mass is 79.9. The Morgan fingerprint density at radius 2 is 1.53 bits per heavy atom. The molecule has 0 heterocycles. The molecule has 0 bridgehead atoms. The standard InChI is InChI=1S/C13H24BrN/c1-2-3-4-5-6-7-8-9-10-13(11-14)12-15/h13H,2-11H2,1H3. The number of hydrogen-bond acceptors (Lipinski definition) is 1. The van der Waals surface area contributed by atoms with Crippen molar-refractivity contribution < 1.29 is 0 Å². The molecule has 0 saturated carbocycles. The lowest BCUT2D eigenvalue weighted by molar-refractivity contribution is 0.540. The van der Waals surface area contributed by atoms with Crippen LogP contribution in [0, 0.1) is 17.2 Å². The van der Waals surface area contributed by atoms with Crippen LogP contribution < -0.4 is 0 Å². The maximum absolute atomic E-state index is 8.75. The van der Waals surface area contributed by atoms with Crippen LogP contribution in [0.5, 0.6) is 0 Å². The number of hydrogen-bond donors (Lipinski definition) is 0. The molecule has 88 valence electrons. The fourth-order valence-corrected chi connectivity index (χ4v) is 2.17. The third-order valence-electron chi connectivity index (χ3n) is 2.77. The Kier molecular flexibility index (Phi) is 12.0. The van der Waals surface area contributed by atoms with Crippen molar-refractivity contribution in [2.24, 2.45) is 5.92 Å². The maximum atomic E-state index is 8.75. The molecule has 0 spiro atoms. The number of alkyl halides is 1. The molecule has 2 heteroatoms. The minimum absolute atomic E-state index is 0.227. The number of rotatable bonds is 10. The molecule has 0 N–H and O–H groups in total. The van der Waals surface area contributed by atoms with Gasteiger partial charge in [0.15, 0.2) is 0 Å². The summed E-state index contributed by atoms with van der Waals surface area (Å²) >= 11 is 3.36. The van der Waals surface area contributed by atoms with E-state index >= 15 is 0 Å². The molecule has 0 fully saturated rings. The lowest BCUT2D eigenvalue weighted by Gasteiger charge is -2.04. The largest absolute Gasteiger partial charge is 0.198 e. The average Bonchev–Trinajstić information content (AvgIpc) is 2.27. The van der Waals surface area contributed by atoms with E-state index in [-0.39, 0.29) is 5.92 Å². The summed E-state index contributed by atoms with van der Waals surface area (Å²) in [5.74, 6) is 0.227. The number of unbranched alkanes of at least 4 members (excludes halogenated alkanes) is 7. The molecule has 15 heavy (non-hydrogen) atoms. The molecule has 0 saturated heterocycles. The molecular weight excluding hydrogens is 250 g/mol. The van der Waals surface area contributed by atoms with Crippen LogP contribution >= 0.6 is 15.9 Å². The van der Waals surface area contributed by atoms with Gasteiger partial charge in [-0.2, -0.15) is 5.26 Å². The van der Waals surface area contributed by atoms with Crippen LogP contribution in [0.1, 0.15) is 64.7 Å². The predicted molar refractivity (Wildman–Crippen MR) is 70.1 cm³/mol. The second-order valence-corrected chi connectivity index (χ2v) is 4.89. The fraction of sp³-hybridized carbons (Fsp3) is 0.923. The summed E-state index contributed by atoms with van der Waals surface area (Å²) in [4.78, 5) is 0. The number of halogens is 1. The van der Waals surface area contributed by atoms with Crippen LogP contribution in [-0.2, 0) is 0 Å². The van der Waals surface area contributed by atoms with Crippen molar-refractivity contribution in [3.63, 3.8) is 0 Å². The van der Waals surface area contributed by atoms with E-state index in [2.05, 4.69) is 28.9 Å². The first kappa shape index (κ1) is 15.0. The second kappa shape index (κ2) is 12.0. The summed E-state index contributed by atoms with van der Waals surface area (Å²) in [6.07, 6.45) is 11.8. The minimum atomic E-state index is 0.227. The second-order valence-electron chi connectivity index (χ2n) is 4.24. The Balaban J connectivity index is 3.08.